The summed E-state index contributed by atoms with van der Waals surface area (Å²) in [5.74, 6) is 0.691. The van der Waals surface area contributed by atoms with Gasteiger partial charge in [-0.1, -0.05) is 11.6 Å². The summed E-state index contributed by atoms with van der Waals surface area (Å²) < 4.78 is 5.78. The van der Waals surface area contributed by atoms with Gasteiger partial charge in [-0.25, -0.2) is 4.98 Å². The largest absolute Gasteiger partial charge is 0.486 e. The molecule has 2 heterocycles. The normalized spacial score (nSPS) is 21.3. The number of pyridine rings is 1. The van der Waals surface area contributed by atoms with Crippen molar-refractivity contribution < 1.29 is 4.74 Å². The maximum absolute atomic E-state index is 5.99. The van der Waals surface area contributed by atoms with Crippen LogP contribution in [0.25, 0.3) is 0 Å². The molecule has 0 saturated carbocycles. The quantitative estimate of drug-likeness (QED) is 0.785. The Hall–Kier alpha value is -0.800. The summed E-state index contributed by atoms with van der Waals surface area (Å²) in [5.41, 5.74) is 0.911. The van der Waals surface area contributed by atoms with E-state index >= 15 is 0 Å². The highest BCUT2D eigenvalue weighted by Gasteiger charge is 2.15. The number of aromatic nitrogens is 1. The Morgan fingerprint density at radius 2 is 2.40 bits per heavy atom. The first-order valence-corrected chi connectivity index (χ1v) is 5.64. The minimum absolute atomic E-state index is 0.223. The minimum Gasteiger partial charge on any atom is -0.486 e. The molecule has 1 aliphatic heterocycles. The molecule has 1 aromatic rings. The fraction of sp³-hybridized carbons (Fsp3) is 0.545. The van der Waals surface area contributed by atoms with Gasteiger partial charge in [0.25, 0.3) is 0 Å². The van der Waals surface area contributed by atoms with Crippen molar-refractivity contribution >= 4 is 11.6 Å². The molecule has 1 N–H and O–H groups in total. The summed E-state index contributed by atoms with van der Waals surface area (Å²) in [6.45, 7) is 3.89. The number of hydrogen-bond donors (Lipinski definition) is 1. The molecule has 1 fully saturated rings. The SMILES string of the molecule is Cc1ccc(OC2CCCNC2)c(Cl)n1. The predicted octanol–water partition coefficient (Wildman–Crippen LogP) is 2.17. The van der Waals surface area contributed by atoms with Crippen LogP contribution in [0.4, 0.5) is 0 Å². The Labute approximate surface area is 94.8 Å². The van der Waals surface area contributed by atoms with Crippen molar-refractivity contribution in [2.45, 2.75) is 25.9 Å². The van der Waals surface area contributed by atoms with E-state index in [0.717, 1.165) is 31.6 Å². The molecule has 1 atom stereocenters. The Kier molecular flexibility index (Phi) is 3.44. The number of piperidine rings is 1. The highest BCUT2D eigenvalue weighted by atomic mass is 35.5. The van der Waals surface area contributed by atoms with E-state index in [2.05, 4.69) is 10.3 Å². The molecule has 82 valence electrons. The number of halogens is 1. The molecule has 1 saturated heterocycles. The number of rotatable bonds is 2. The van der Waals surface area contributed by atoms with Crippen molar-refractivity contribution in [3.8, 4) is 5.75 Å². The number of nitrogens with zero attached hydrogens (tertiary/aromatic N) is 1. The molecule has 2 rings (SSSR count). The van der Waals surface area contributed by atoms with Crippen LogP contribution in [0.2, 0.25) is 5.15 Å². The third-order valence-corrected chi connectivity index (χ3v) is 2.77. The standard InChI is InChI=1S/C11H15ClN2O/c1-8-4-5-10(11(12)14-8)15-9-3-2-6-13-7-9/h4-5,9,13H,2-3,6-7H2,1H3. The summed E-state index contributed by atoms with van der Waals surface area (Å²) in [4.78, 5) is 4.16. The van der Waals surface area contributed by atoms with E-state index in [1.807, 2.05) is 19.1 Å². The van der Waals surface area contributed by atoms with E-state index in [9.17, 15) is 0 Å². The van der Waals surface area contributed by atoms with Crippen molar-refractivity contribution in [3.05, 3.63) is 23.0 Å². The number of nitrogens with one attached hydrogen (secondary N) is 1. The molecule has 0 amide bonds. The third kappa shape index (κ3) is 2.83. The zero-order valence-electron chi connectivity index (χ0n) is 8.79. The van der Waals surface area contributed by atoms with Crippen LogP contribution in [0.1, 0.15) is 18.5 Å². The van der Waals surface area contributed by atoms with Crippen LogP contribution in [0.5, 0.6) is 5.75 Å². The first-order chi connectivity index (χ1) is 7.25. The van der Waals surface area contributed by atoms with Crippen molar-refractivity contribution in [1.29, 1.82) is 0 Å². The van der Waals surface area contributed by atoms with Crippen molar-refractivity contribution in [3.63, 3.8) is 0 Å². The van der Waals surface area contributed by atoms with Crippen molar-refractivity contribution in [2.24, 2.45) is 0 Å². The molecule has 1 aliphatic rings. The average molecular weight is 227 g/mol. The summed E-state index contributed by atoms with van der Waals surface area (Å²) in [6, 6.07) is 3.80. The molecule has 0 spiro atoms. The van der Waals surface area contributed by atoms with Crippen molar-refractivity contribution in [1.82, 2.24) is 10.3 Å². The number of ether oxygens (including phenoxy) is 1. The van der Waals surface area contributed by atoms with Crippen LogP contribution in [-0.2, 0) is 0 Å². The van der Waals surface area contributed by atoms with E-state index in [1.165, 1.54) is 0 Å². The van der Waals surface area contributed by atoms with E-state index in [4.69, 9.17) is 16.3 Å². The average Bonchev–Trinajstić information content (AvgIpc) is 2.24. The molecular weight excluding hydrogens is 212 g/mol. The van der Waals surface area contributed by atoms with Gasteiger partial charge in [-0.2, -0.15) is 0 Å². The zero-order valence-corrected chi connectivity index (χ0v) is 9.55. The van der Waals surface area contributed by atoms with Crippen LogP contribution >= 0.6 is 11.6 Å². The lowest BCUT2D eigenvalue weighted by molar-refractivity contribution is 0.166. The van der Waals surface area contributed by atoms with Gasteiger partial charge in [0, 0.05) is 12.2 Å². The maximum atomic E-state index is 5.99. The lowest BCUT2D eigenvalue weighted by atomic mass is 10.1. The minimum atomic E-state index is 0.223. The fourth-order valence-corrected chi connectivity index (χ4v) is 1.94. The lowest BCUT2D eigenvalue weighted by Gasteiger charge is -2.24. The van der Waals surface area contributed by atoms with E-state index in [1.54, 1.807) is 0 Å². The zero-order chi connectivity index (χ0) is 10.7. The molecule has 4 heteroatoms. The van der Waals surface area contributed by atoms with Gasteiger partial charge in [0.2, 0.25) is 0 Å². The van der Waals surface area contributed by atoms with Gasteiger partial charge in [-0.15, -0.1) is 0 Å². The fourth-order valence-electron chi connectivity index (χ4n) is 1.70. The Morgan fingerprint density at radius 3 is 3.07 bits per heavy atom. The second-order valence-corrected chi connectivity index (χ2v) is 4.19. The van der Waals surface area contributed by atoms with Gasteiger partial charge in [-0.05, 0) is 38.4 Å². The summed E-state index contributed by atoms with van der Waals surface area (Å²) in [6.07, 6.45) is 2.46. The van der Waals surface area contributed by atoms with E-state index in [0.29, 0.717) is 10.9 Å². The van der Waals surface area contributed by atoms with Crippen LogP contribution < -0.4 is 10.1 Å². The molecular formula is C11H15ClN2O. The summed E-state index contributed by atoms with van der Waals surface area (Å²) >= 11 is 5.99. The van der Waals surface area contributed by atoms with Gasteiger partial charge < -0.3 is 10.1 Å². The summed E-state index contributed by atoms with van der Waals surface area (Å²) in [5, 5.41) is 3.76. The van der Waals surface area contributed by atoms with E-state index < -0.39 is 0 Å². The van der Waals surface area contributed by atoms with Crippen LogP contribution in [0.15, 0.2) is 12.1 Å². The number of aryl methyl sites for hydroxylation is 1. The topological polar surface area (TPSA) is 34.1 Å². The van der Waals surface area contributed by atoms with Crippen LogP contribution in [0, 0.1) is 6.92 Å². The molecule has 15 heavy (non-hydrogen) atoms. The van der Waals surface area contributed by atoms with Crippen LogP contribution in [-0.4, -0.2) is 24.2 Å². The monoisotopic (exact) mass is 226 g/mol. The van der Waals surface area contributed by atoms with Gasteiger partial charge in [0.05, 0.1) is 0 Å². The van der Waals surface area contributed by atoms with E-state index in [-0.39, 0.29) is 6.10 Å². The summed E-state index contributed by atoms with van der Waals surface area (Å²) in [7, 11) is 0. The first-order valence-electron chi connectivity index (χ1n) is 5.26. The molecule has 0 aliphatic carbocycles. The second-order valence-electron chi connectivity index (χ2n) is 3.83. The van der Waals surface area contributed by atoms with Gasteiger partial charge in [-0.3, -0.25) is 0 Å². The van der Waals surface area contributed by atoms with Gasteiger partial charge >= 0.3 is 0 Å². The Bertz CT molecular complexity index is 337. The molecule has 0 aromatic carbocycles. The highest BCUT2D eigenvalue weighted by molar-refractivity contribution is 6.30. The van der Waals surface area contributed by atoms with Gasteiger partial charge in [0.15, 0.2) is 10.9 Å². The Morgan fingerprint density at radius 1 is 1.53 bits per heavy atom. The molecule has 3 nitrogen and oxygen atoms in total. The second kappa shape index (κ2) is 4.81. The van der Waals surface area contributed by atoms with Crippen molar-refractivity contribution in [2.75, 3.05) is 13.1 Å². The smallest absolute Gasteiger partial charge is 0.171 e. The predicted molar refractivity (Wildman–Crippen MR) is 60.5 cm³/mol. The molecule has 1 aromatic heterocycles. The molecule has 1 unspecified atom stereocenters. The van der Waals surface area contributed by atoms with Crippen LogP contribution in [0.3, 0.4) is 0 Å². The molecule has 0 radical (unpaired) electrons. The Balaban J connectivity index is 2.03. The molecule has 0 bridgehead atoms. The lowest BCUT2D eigenvalue weighted by Crippen LogP contribution is -2.37. The number of hydrogen-bond acceptors (Lipinski definition) is 3. The van der Waals surface area contributed by atoms with Gasteiger partial charge in [0.1, 0.15) is 6.10 Å². The first kappa shape index (κ1) is 10.7. The maximum Gasteiger partial charge on any atom is 0.171 e. The third-order valence-electron chi connectivity index (χ3n) is 2.50. The highest BCUT2D eigenvalue weighted by Crippen LogP contribution is 2.24.